The Hall–Kier alpha value is -2.02. The van der Waals surface area contributed by atoms with Gasteiger partial charge in [0.25, 0.3) is 0 Å². The molecule has 0 unspecified atom stereocenters. The number of hydrogen-bond acceptors (Lipinski definition) is 3. The molecule has 1 aliphatic rings. The van der Waals surface area contributed by atoms with Crippen LogP contribution < -0.4 is 10.1 Å². The van der Waals surface area contributed by atoms with Gasteiger partial charge < -0.3 is 10.1 Å². The zero-order valence-electron chi connectivity index (χ0n) is 12.1. The van der Waals surface area contributed by atoms with Crippen molar-refractivity contribution >= 4 is 0 Å². The lowest BCUT2D eigenvalue weighted by atomic mass is 10.1. The lowest BCUT2D eigenvalue weighted by molar-refractivity contribution is -0.274. The first-order chi connectivity index (χ1) is 10.5. The van der Waals surface area contributed by atoms with Gasteiger partial charge in [0.1, 0.15) is 5.75 Å². The van der Waals surface area contributed by atoms with Gasteiger partial charge in [0.05, 0.1) is 17.1 Å². The lowest BCUT2D eigenvalue weighted by Crippen LogP contribution is -2.25. The Bertz CT molecular complexity index is 662. The van der Waals surface area contributed by atoms with Crippen LogP contribution in [0.2, 0.25) is 0 Å². The quantitative estimate of drug-likeness (QED) is 0.947. The molecule has 2 heterocycles. The topological polar surface area (TPSA) is 39.1 Å². The van der Waals surface area contributed by atoms with Crippen LogP contribution in [0.4, 0.5) is 13.2 Å². The van der Waals surface area contributed by atoms with Crippen molar-refractivity contribution in [3.63, 3.8) is 0 Å². The maximum absolute atomic E-state index is 12.2. The van der Waals surface area contributed by atoms with Gasteiger partial charge in [0.15, 0.2) is 0 Å². The van der Waals surface area contributed by atoms with E-state index in [4.69, 9.17) is 0 Å². The van der Waals surface area contributed by atoms with E-state index in [1.165, 1.54) is 17.7 Å². The number of aromatic nitrogens is 2. The summed E-state index contributed by atoms with van der Waals surface area (Å²) in [5.41, 5.74) is 4.09. The standard InChI is InChI=1S/C15H16F3N3O/c1-2-13-12-9-19-8-7-14(12)21(20-13)10-3-5-11(6-4-10)22-15(16,17)18/h3-6,19H,2,7-9H2,1H3. The van der Waals surface area contributed by atoms with Crippen molar-refractivity contribution in [3.05, 3.63) is 41.2 Å². The van der Waals surface area contributed by atoms with Gasteiger partial charge in [-0.3, -0.25) is 0 Å². The van der Waals surface area contributed by atoms with Crippen molar-refractivity contribution < 1.29 is 17.9 Å². The van der Waals surface area contributed by atoms with Gasteiger partial charge in [-0.15, -0.1) is 13.2 Å². The van der Waals surface area contributed by atoms with Gasteiger partial charge in [-0.2, -0.15) is 5.10 Å². The molecule has 0 amide bonds. The normalized spacial score (nSPS) is 14.7. The van der Waals surface area contributed by atoms with Crippen molar-refractivity contribution in [3.8, 4) is 11.4 Å². The highest BCUT2D eigenvalue weighted by molar-refractivity contribution is 5.41. The number of halogens is 3. The first-order valence-corrected chi connectivity index (χ1v) is 7.14. The van der Waals surface area contributed by atoms with E-state index in [-0.39, 0.29) is 5.75 Å². The van der Waals surface area contributed by atoms with Crippen LogP contribution in [0, 0.1) is 0 Å². The van der Waals surface area contributed by atoms with Crippen LogP contribution in [0.15, 0.2) is 24.3 Å². The van der Waals surface area contributed by atoms with Crippen LogP contribution in [-0.2, 0) is 19.4 Å². The summed E-state index contributed by atoms with van der Waals surface area (Å²) in [6, 6.07) is 5.80. The molecular formula is C15H16F3N3O. The molecule has 1 aliphatic heterocycles. The Morgan fingerprint density at radius 2 is 2.00 bits per heavy atom. The zero-order valence-corrected chi connectivity index (χ0v) is 12.1. The van der Waals surface area contributed by atoms with Crippen LogP contribution >= 0.6 is 0 Å². The molecule has 2 aromatic rings. The predicted molar refractivity (Wildman–Crippen MR) is 75.0 cm³/mol. The SMILES string of the molecule is CCc1nn(-c2ccc(OC(F)(F)F)cc2)c2c1CNCC2. The molecule has 7 heteroatoms. The number of fused-ring (bicyclic) bond motifs is 1. The van der Waals surface area contributed by atoms with E-state index in [0.717, 1.165) is 43.0 Å². The van der Waals surface area contributed by atoms with Crippen LogP contribution in [0.1, 0.15) is 23.9 Å². The fraction of sp³-hybridized carbons (Fsp3) is 0.400. The van der Waals surface area contributed by atoms with E-state index in [0.29, 0.717) is 0 Å². The summed E-state index contributed by atoms with van der Waals surface area (Å²) in [6.45, 7) is 3.70. The highest BCUT2D eigenvalue weighted by Gasteiger charge is 2.31. The predicted octanol–water partition coefficient (Wildman–Crippen LogP) is 2.98. The number of nitrogens with zero attached hydrogens (tertiary/aromatic N) is 2. The average molecular weight is 311 g/mol. The summed E-state index contributed by atoms with van der Waals surface area (Å²) in [4.78, 5) is 0. The van der Waals surface area contributed by atoms with E-state index >= 15 is 0 Å². The number of alkyl halides is 3. The third-order valence-electron chi connectivity index (χ3n) is 3.66. The first kappa shape index (κ1) is 14.9. The molecule has 1 aromatic heterocycles. The molecule has 0 bridgehead atoms. The van der Waals surface area contributed by atoms with Crippen LogP contribution in [-0.4, -0.2) is 22.7 Å². The fourth-order valence-corrected chi connectivity index (χ4v) is 2.70. The Kier molecular flexibility index (Phi) is 3.82. The molecule has 0 atom stereocenters. The average Bonchev–Trinajstić information content (AvgIpc) is 2.85. The van der Waals surface area contributed by atoms with Gasteiger partial charge >= 0.3 is 6.36 Å². The second kappa shape index (κ2) is 5.64. The largest absolute Gasteiger partial charge is 0.573 e. The van der Waals surface area contributed by atoms with Crippen LogP contribution in [0.5, 0.6) is 5.75 Å². The Morgan fingerprint density at radius 1 is 1.27 bits per heavy atom. The van der Waals surface area contributed by atoms with Crippen molar-refractivity contribution in [1.29, 1.82) is 0 Å². The Labute approximate surface area is 125 Å². The van der Waals surface area contributed by atoms with Crippen molar-refractivity contribution in [2.24, 2.45) is 0 Å². The van der Waals surface area contributed by atoms with E-state index in [9.17, 15) is 13.2 Å². The molecular weight excluding hydrogens is 295 g/mol. The van der Waals surface area contributed by atoms with E-state index < -0.39 is 6.36 Å². The van der Waals surface area contributed by atoms with Gasteiger partial charge in [-0.05, 0) is 30.7 Å². The van der Waals surface area contributed by atoms with Gasteiger partial charge in [-0.1, -0.05) is 6.92 Å². The zero-order chi connectivity index (χ0) is 15.7. The van der Waals surface area contributed by atoms with Gasteiger partial charge in [-0.25, -0.2) is 4.68 Å². The van der Waals surface area contributed by atoms with Crippen LogP contribution in [0.25, 0.3) is 5.69 Å². The number of nitrogens with one attached hydrogen (secondary N) is 1. The first-order valence-electron chi connectivity index (χ1n) is 7.14. The summed E-state index contributed by atoms with van der Waals surface area (Å²) in [6.07, 6.45) is -3.00. The molecule has 118 valence electrons. The summed E-state index contributed by atoms with van der Waals surface area (Å²) in [5, 5.41) is 7.92. The van der Waals surface area contributed by atoms with E-state index in [2.05, 4.69) is 15.2 Å². The molecule has 0 spiro atoms. The monoisotopic (exact) mass is 311 g/mol. The van der Waals surface area contributed by atoms with Crippen molar-refractivity contribution in [2.45, 2.75) is 32.7 Å². The molecule has 0 saturated heterocycles. The Morgan fingerprint density at radius 3 is 2.64 bits per heavy atom. The molecule has 0 radical (unpaired) electrons. The maximum Gasteiger partial charge on any atom is 0.573 e. The highest BCUT2D eigenvalue weighted by Crippen LogP contribution is 2.26. The molecule has 22 heavy (non-hydrogen) atoms. The van der Waals surface area contributed by atoms with Gasteiger partial charge in [0.2, 0.25) is 0 Å². The molecule has 1 aromatic carbocycles. The number of hydrogen-bond donors (Lipinski definition) is 1. The number of ether oxygens (including phenoxy) is 1. The molecule has 0 aliphatic carbocycles. The number of aryl methyl sites for hydroxylation is 1. The summed E-state index contributed by atoms with van der Waals surface area (Å²) < 4.78 is 42.3. The summed E-state index contributed by atoms with van der Waals surface area (Å²) in [5.74, 6) is -0.227. The molecule has 3 rings (SSSR count). The second-order valence-corrected chi connectivity index (χ2v) is 5.11. The van der Waals surface area contributed by atoms with Crippen molar-refractivity contribution in [2.75, 3.05) is 6.54 Å². The third kappa shape index (κ3) is 2.94. The molecule has 0 fully saturated rings. The van der Waals surface area contributed by atoms with Crippen LogP contribution in [0.3, 0.4) is 0 Å². The minimum Gasteiger partial charge on any atom is -0.406 e. The van der Waals surface area contributed by atoms with E-state index in [1.807, 2.05) is 11.6 Å². The number of benzene rings is 1. The smallest absolute Gasteiger partial charge is 0.406 e. The molecule has 1 N–H and O–H groups in total. The highest BCUT2D eigenvalue weighted by atomic mass is 19.4. The Balaban J connectivity index is 1.93. The molecule has 0 saturated carbocycles. The third-order valence-corrected chi connectivity index (χ3v) is 3.66. The summed E-state index contributed by atoms with van der Waals surface area (Å²) in [7, 11) is 0. The number of rotatable bonds is 3. The summed E-state index contributed by atoms with van der Waals surface area (Å²) >= 11 is 0. The molecule has 4 nitrogen and oxygen atoms in total. The lowest BCUT2D eigenvalue weighted by Gasteiger charge is -2.16. The van der Waals surface area contributed by atoms with Crippen molar-refractivity contribution in [1.82, 2.24) is 15.1 Å². The fourth-order valence-electron chi connectivity index (χ4n) is 2.70. The van der Waals surface area contributed by atoms with E-state index in [1.54, 1.807) is 12.1 Å². The minimum atomic E-state index is -4.67. The maximum atomic E-state index is 12.2. The second-order valence-electron chi connectivity index (χ2n) is 5.11. The minimum absolute atomic E-state index is 0.227. The van der Waals surface area contributed by atoms with Gasteiger partial charge in [0, 0.05) is 25.1 Å².